The molecular formula is C16H13NO5. The Morgan fingerprint density at radius 2 is 1.95 bits per heavy atom. The Labute approximate surface area is 126 Å². The predicted molar refractivity (Wildman–Crippen MR) is 80.5 cm³/mol. The first kappa shape index (κ1) is 15.2. The van der Waals surface area contributed by atoms with Crippen LogP contribution in [0.15, 0.2) is 54.6 Å². The van der Waals surface area contributed by atoms with Crippen LogP contribution in [0.5, 0.6) is 5.75 Å². The smallest absolute Gasteiger partial charge is 0.328 e. The van der Waals surface area contributed by atoms with Crippen LogP contribution in [0.25, 0.3) is 6.08 Å². The summed E-state index contributed by atoms with van der Waals surface area (Å²) in [5.74, 6) is -0.978. The van der Waals surface area contributed by atoms with Crippen LogP contribution < -0.4 is 4.74 Å². The molecule has 0 fully saturated rings. The first-order valence-electron chi connectivity index (χ1n) is 6.42. The third-order valence-electron chi connectivity index (χ3n) is 2.84. The molecule has 0 bridgehead atoms. The number of rotatable bonds is 6. The standard InChI is InChI=1S/C16H13NO5/c18-16(19)9-7-12-6-8-15(14(10-12)17(20)21)22-11-13-4-2-1-3-5-13/h1-10H,11H2,(H,18,19)/b9-7-. The second kappa shape index (κ2) is 7.03. The molecule has 0 aromatic heterocycles. The zero-order chi connectivity index (χ0) is 15.9. The summed E-state index contributed by atoms with van der Waals surface area (Å²) in [7, 11) is 0. The second-order valence-electron chi connectivity index (χ2n) is 4.43. The van der Waals surface area contributed by atoms with Crippen molar-refractivity contribution in [3.05, 3.63) is 75.8 Å². The van der Waals surface area contributed by atoms with Gasteiger partial charge in [0.25, 0.3) is 0 Å². The quantitative estimate of drug-likeness (QED) is 0.502. The van der Waals surface area contributed by atoms with Crippen LogP contribution in [-0.2, 0) is 11.4 Å². The normalized spacial score (nSPS) is 10.5. The van der Waals surface area contributed by atoms with Gasteiger partial charge < -0.3 is 9.84 Å². The Balaban J connectivity index is 2.20. The van der Waals surface area contributed by atoms with Crippen LogP contribution in [0.3, 0.4) is 0 Å². The molecule has 0 spiro atoms. The van der Waals surface area contributed by atoms with E-state index in [-0.39, 0.29) is 18.0 Å². The van der Waals surface area contributed by atoms with Crippen molar-refractivity contribution in [2.45, 2.75) is 6.61 Å². The van der Waals surface area contributed by atoms with Gasteiger partial charge in [-0.25, -0.2) is 4.79 Å². The number of carbonyl (C=O) groups is 1. The average Bonchev–Trinajstić information content (AvgIpc) is 2.52. The minimum absolute atomic E-state index is 0.140. The number of carboxylic acid groups (broad SMARTS) is 1. The maximum atomic E-state index is 11.1. The van der Waals surface area contributed by atoms with E-state index in [2.05, 4.69) is 0 Å². The highest BCUT2D eigenvalue weighted by Crippen LogP contribution is 2.29. The number of nitro benzene ring substituents is 1. The van der Waals surface area contributed by atoms with Gasteiger partial charge in [-0.2, -0.15) is 0 Å². The van der Waals surface area contributed by atoms with Gasteiger partial charge in [-0.05, 0) is 23.3 Å². The van der Waals surface area contributed by atoms with Gasteiger partial charge >= 0.3 is 11.7 Å². The predicted octanol–water partition coefficient (Wildman–Crippen LogP) is 3.27. The molecule has 0 aliphatic rings. The summed E-state index contributed by atoms with van der Waals surface area (Å²) in [6, 6.07) is 13.6. The molecule has 0 aliphatic heterocycles. The Hall–Kier alpha value is -3.15. The van der Waals surface area contributed by atoms with Crippen LogP contribution in [0.2, 0.25) is 0 Å². The van der Waals surface area contributed by atoms with Crippen molar-refractivity contribution in [2.75, 3.05) is 0 Å². The fourth-order valence-corrected chi connectivity index (χ4v) is 1.81. The van der Waals surface area contributed by atoms with Crippen molar-refractivity contribution in [3.63, 3.8) is 0 Å². The lowest BCUT2D eigenvalue weighted by atomic mass is 10.1. The summed E-state index contributed by atoms with van der Waals surface area (Å²) in [5.41, 5.74) is 1.11. The summed E-state index contributed by atoms with van der Waals surface area (Å²) < 4.78 is 5.48. The summed E-state index contributed by atoms with van der Waals surface area (Å²) in [6.45, 7) is 0.214. The molecule has 22 heavy (non-hydrogen) atoms. The van der Waals surface area contributed by atoms with E-state index < -0.39 is 10.9 Å². The minimum atomic E-state index is -1.12. The van der Waals surface area contributed by atoms with Gasteiger partial charge in [0.15, 0.2) is 5.75 Å². The van der Waals surface area contributed by atoms with E-state index in [1.54, 1.807) is 6.07 Å². The number of ether oxygens (including phenoxy) is 1. The fourth-order valence-electron chi connectivity index (χ4n) is 1.81. The van der Waals surface area contributed by atoms with E-state index in [4.69, 9.17) is 9.84 Å². The van der Waals surface area contributed by atoms with Gasteiger partial charge in [0.05, 0.1) is 4.92 Å². The number of carboxylic acids is 1. The summed E-state index contributed by atoms with van der Waals surface area (Å²) in [5, 5.41) is 19.7. The molecule has 0 unspecified atom stereocenters. The summed E-state index contributed by atoms with van der Waals surface area (Å²) in [4.78, 5) is 21.0. The highest BCUT2D eigenvalue weighted by atomic mass is 16.6. The molecule has 6 nitrogen and oxygen atoms in total. The van der Waals surface area contributed by atoms with Gasteiger partial charge in [-0.1, -0.05) is 36.4 Å². The Morgan fingerprint density at radius 1 is 1.23 bits per heavy atom. The van der Waals surface area contributed by atoms with Crippen LogP contribution in [0, 0.1) is 10.1 Å². The Morgan fingerprint density at radius 3 is 2.59 bits per heavy atom. The molecule has 0 amide bonds. The molecule has 0 heterocycles. The van der Waals surface area contributed by atoms with E-state index in [1.165, 1.54) is 18.2 Å². The molecule has 6 heteroatoms. The number of aliphatic carboxylic acids is 1. The molecule has 112 valence electrons. The molecule has 2 aromatic carbocycles. The number of hydrogen-bond acceptors (Lipinski definition) is 4. The van der Waals surface area contributed by atoms with Crippen molar-refractivity contribution in [3.8, 4) is 5.75 Å². The highest BCUT2D eigenvalue weighted by Gasteiger charge is 2.15. The topological polar surface area (TPSA) is 89.7 Å². The maximum absolute atomic E-state index is 11.1. The van der Waals surface area contributed by atoms with Crippen molar-refractivity contribution >= 4 is 17.7 Å². The van der Waals surface area contributed by atoms with Crippen LogP contribution >= 0.6 is 0 Å². The van der Waals surface area contributed by atoms with Gasteiger partial charge in [0.2, 0.25) is 0 Å². The van der Waals surface area contributed by atoms with Crippen LogP contribution in [0.1, 0.15) is 11.1 Å². The third kappa shape index (κ3) is 4.17. The first-order chi connectivity index (χ1) is 10.6. The van der Waals surface area contributed by atoms with Crippen LogP contribution in [0.4, 0.5) is 5.69 Å². The zero-order valence-electron chi connectivity index (χ0n) is 11.5. The van der Waals surface area contributed by atoms with E-state index in [0.29, 0.717) is 5.56 Å². The lowest BCUT2D eigenvalue weighted by Gasteiger charge is -2.07. The monoisotopic (exact) mass is 299 g/mol. The van der Waals surface area contributed by atoms with Gasteiger partial charge in [0, 0.05) is 12.1 Å². The Kier molecular flexibility index (Phi) is 4.87. The molecule has 0 saturated heterocycles. The maximum Gasteiger partial charge on any atom is 0.328 e. The van der Waals surface area contributed by atoms with Crippen molar-refractivity contribution < 1.29 is 19.6 Å². The number of nitro groups is 1. The second-order valence-corrected chi connectivity index (χ2v) is 4.43. The van der Waals surface area contributed by atoms with Gasteiger partial charge in [-0.3, -0.25) is 10.1 Å². The molecule has 0 aliphatic carbocycles. The number of hydrogen-bond donors (Lipinski definition) is 1. The van der Waals surface area contributed by atoms with Crippen molar-refractivity contribution in [1.82, 2.24) is 0 Å². The summed E-state index contributed by atoms with van der Waals surface area (Å²) >= 11 is 0. The molecule has 1 N–H and O–H groups in total. The summed E-state index contributed by atoms with van der Waals surface area (Å²) in [6.07, 6.45) is 2.21. The Bertz CT molecular complexity index is 710. The van der Waals surface area contributed by atoms with E-state index in [0.717, 1.165) is 11.6 Å². The first-order valence-corrected chi connectivity index (χ1v) is 6.42. The molecular weight excluding hydrogens is 286 g/mol. The van der Waals surface area contributed by atoms with Gasteiger partial charge in [-0.15, -0.1) is 0 Å². The largest absolute Gasteiger partial charge is 0.482 e. The molecule has 0 saturated carbocycles. The van der Waals surface area contributed by atoms with E-state index >= 15 is 0 Å². The lowest BCUT2D eigenvalue weighted by molar-refractivity contribution is -0.386. The molecule has 2 rings (SSSR count). The number of nitrogens with zero attached hydrogens (tertiary/aromatic N) is 1. The lowest BCUT2D eigenvalue weighted by Crippen LogP contribution is -1.99. The fraction of sp³-hybridized carbons (Fsp3) is 0.0625. The van der Waals surface area contributed by atoms with Crippen LogP contribution in [-0.4, -0.2) is 16.0 Å². The SMILES string of the molecule is O=C(O)/C=C\c1ccc(OCc2ccccc2)c([N+](=O)[O-])c1. The van der Waals surface area contributed by atoms with E-state index in [1.807, 2.05) is 30.3 Å². The molecule has 0 atom stereocenters. The highest BCUT2D eigenvalue weighted by molar-refractivity contribution is 5.85. The van der Waals surface area contributed by atoms with Crippen molar-refractivity contribution in [2.24, 2.45) is 0 Å². The third-order valence-corrected chi connectivity index (χ3v) is 2.84. The minimum Gasteiger partial charge on any atom is -0.482 e. The van der Waals surface area contributed by atoms with E-state index in [9.17, 15) is 14.9 Å². The van der Waals surface area contributed by atoms with Gasteiger partial charge in [0.1, 0.15) is 6.61 Å². The van der Waals surface area contributed by atoms with Crippen molar-refractivity contribution in [1.29, 1.82) is 0 Å². The zero-order valence-corrected chi connectivity index (χ0v) is 11.5. The molecule has 2 aromatic rings. The average molecular weight is 299 g/mol. The number of benzene rings is 2. The molecule has 0 radical (unpaired) electrons.